The molecule has 0 amide bonds. The van der Waals surface area contributed by atoms with Gasteiger partial charge in [-0.25, -0.2) is 18.7 Å². The second-order valence-corrected chi connectivity index (χ2v) is 10.3. The lowest BCUT2D eigenvalue weighted by Crippen LogP contribution is -2.46. The molecule has 2 N–H and O–H groups in total. The van der Waals surface area contributed by atoms with E-state index < -0.39 is 11.4 Å². The van der Waals surface area contributed by atoms with E-state index >= 15 is 0 Å². The number of fused-ring (bicyclic) bond motifs is 1. The molecule has 8 nitrogen and oxygen atoms in total. The number of hydrogen-bond donors (Lipinski definition) is 2. The molecule has 0 aliphatic carbocycles. The van der Waals surface area contributed by atoms with Gasteiger partial charge in [0.25, 0.3) is 0 Å². The van der Waals surface area contributed by atoms with Gasteiger partial charge in [0.1, 0.15) is 17.2 Å². The molecule has 2 saturated heterocycles. The van der Waals surface area contributed by atoms with Crippen LogP contribution < -0.4 is 10.2 Å². The third-order valence-electron chi connectivity index (χ3n) is 6.55. The van der Waals surface area contributed by atoms with Crippen LogP contribution in [0.1, 0.15) is 31.5 Å². The summed E-state index contributed by atoms with van der Waals surface area (Å²) < 4.78 is 33.2. The molecule has 10 heteroatoms. The summed E-state index contributed by atoms with van der Waals surface area (Å²) in [7, 11) is 0. The summed E-state index contributed by atoms with van der Waals surface area (Å²) in [5.41, 5.74) is 1.65. The number of ether oxygens (including phenoxy) is 1. The zero-order valence-electron chi connectivity index (χ0n) is 20.7. The van der Waals surface area contributed by atoms with E-state index in [0.717, 1.165) is 29.5 Å². The number of nitrogens with zero attached hydrogens (tertiary/aromatic N) is 5. The van der Waals surface area contributed by atoms with E-state index in [0.29, 0.717) is 69.3 Å². The maximum absolute atomic E-state index is 14.1. The highest BCUT2D eigenvalue weighted by atomic mass is 19.1. The van der Waals surface area contributed by atoms with Crippen molar-refractivity contribution in [1.29, 1.82) is 0 Å². The number of piperazine rings is 1. The predicted octanol–water partition coefficient (Wildman–Crippen LogP) is 3.14. The summed E-state index contributed by atoms with van der Waals surface area (Å²) in [6.07, 6.45) is 3.02. The van der Waals surface area contributed by atoms with Gasteiger partial charge >= 0.3 is 0 Å². The third kappa shape index (κ3) is 5.88. The van der Waals surface area contributed by atoms with Crippen molar-refractivity contribution in [3.8, 4) is 0 Å². The van der Waals surface area contributed by atoms with Gasteiger partial charge in [0.15, 0.2) is 11.6 Å². The molecule has 2 aromatic heterocycles. The summed E-state index contributed by atoms with van der Waals surface area (Å²) in [6, 6.07) is 5.62. The molecule has 0 saturated carbocycles. The fraction of sp³-hybridized carbons (Fsp3) is 0.500. The number of nitrogens with one attached hydrogen (secondary N) is 1. The first kappa shape index (κ1) is 24.7. The van der Waals surface area contributed by atoms with Crippen LogP contribution >= 0.6 is 0 Å². The van der Waals surface area contributed by atoms with Crippen LogP contribution in [0.15, 0.2) is 30.5 Å². The van der Waals surface area contributed by atoms with Crippen molar-refractivity contribution in [1.82, 2.24) is 19.9 Å². The molecule has 0 radical (unpaired) electrons. The maximum atomic E-state index is 14.1. The minimum Gasteiger partial charge on any atom is -0.390 e. The number of aliphatic hydroxyl groups is 1. The van der Waals surface area contributed by atoms with E-state index in [2.05, 4.69) is 20.1 Å². The number of aromatic nitrogens is 3. The number of rotatable bonds is 7. The van der Waals surface area contributed by atoms with E-state index in [-0.39, 0.29) is 11.9 Å². The first-order valence-electron chi connectivity index (χ1n) is 12.4. The Morgan fingerprint density at radius 2 is 1.92 bits per heavy atom. The van der Waals surface area contributed by atoms with Gasteiger partial charge in [0.2, 0.25) is 0 Å². The van der Waals surface area contributed by atoms with Gasteiger partial charge in [-0.05, 0) is 44.5 Å². The van der Waals surface area contributed by atoms with Gasteiger partial charge < -0.3 is 20.1 Å². The standard InChI is InChI=1S/C26H32F2N6O2/c1-26(2,35)13-20-12-22-23(14-29-20)32-25(24(31-22)30-19-5-10-36-16-19)34-8-6-33(7-9-34)15-17-11-18(27)3-4-21(17)28/h3-4,11-12,14,19,35H,5-10,13,15-16H2,1-2H3,(H,30,31). The zero-order chi connectivity index (χ0) is 25.3. The number of hydrogen-bond acceptors (Lipinski definition) is 8. The molecule has 192 valence electrons. The molecule has 1 atom stereocenters. The van der Waals surface area contributed by atoms with Crippen LogP contribution in [0.2, 0.25) is 0 Å². The molecule has 3 aromatic rings. The fourth-order valence-electron chi connectivity index (χ4n) is 4.71. The Balaban J connectivity index is 1.37. The van der Waals surface area contributed by atoms with Crippen LogP contribution in [-0.4, -0.2) is 76.0 Å². The van der Waals surface area contributed by atoms with Crippen LogP contribution in [0, 0.1) is 11.6 Å². The van der Waals surface area contributed by atoms with Gasteiger partial charge in [0, 0.05) is 57.0 Å². The van der Waals surface area contributed by atoms with Crippen LogP contribution in [0.4, 0.5) is 20.4 Å². The van der Waals surface area contributed by atoms with Crippen molar-refractivity contribution in [2.24, 2.45) is 0 Å². The highest BCUT2D eigenvalue weighted by Crippen LogP contribution is 2.28. The minimum absolute atomic E-state index is 0.158. The van der Waals surface area contributed by atoms with Crippen LogP contribution in [0.3, 0.4) is 0 Å². The molecule has 5 rings (SSSR count). The maximum Gasteiger partial charge on any atom is 0.172 e. The molecule has 2 fully saturated rings. The summed E-state index contributed by atoms with van der Waals surface area (Å²) in [6.45, 7) is 7.92. The highest BCUT2D eigenvalue weighted by Gasteiger charge is 2.25. The van der Waals surface area contributed by atoms with Gasteiger partial charge in [-0.15, -0.1) is 0 Å². The molecule has 1 unspecified atom stereocenters. The first-order chi connectivity index (χ1) is 17.2. The smallest absolute Gasteiger partial charge is 0.172 e. The normalized spacial score (nSPS) is 19.2. The van der Waals surface area contributed by atoms with E-state index in [1.165, 1.54) is 12.1 Å². The van der Waals surface area contributed by atoms with Gasteiger partial charge in [0.05, 0.1) is 30.0 Å². The van der Waals surface area contributed by atoms with Crippen molar-refractivity contribution < 1.29 is 18.6 Å². The summed E-state index contributed by atoms with van der Waals surface area (Å²) in [5.74, 6) is 0.634. The second kappa shape index (κ2) is 10.2. The Labute approximate surface area is 209 Å². The van der Waals surface area contributed by atoms with Crippen molar-refractivity contribution in [2.45, 2.75) is 44.9 Å². The van der Waals surface area contributed by atoms with E-state index in [4.69, 9.17) is 14.7 Å². The van der Waals surface area contributed by atoms with E-state index in [1.807, 2.05) is 6.07 Å². The topological polar surface area (TPSA) is 86.6 Å². The molecular formula is C26H32F2N6O2. The highest BCUT2D eigenvalue weighted by molar-refractivity contribution is 5.80. The lowest BCUT2D eigenvalue weighted by molar-refractivity contribution is 0.0800. The Morgan fingerprint density at radius 3 is 2.64 bits per heavy atom. The van der Waals surface area contributed by atoms with Crippen LogP contribution in [0.25, 0.3) is 11.0 Å². The Kier molecular flexibility index (Phi) is 7.00. The van der Waals surface area contributed by atoms with E-state index in [9.17, 15) is 13.9 Å². The van der Waals surface area contributed by atoms with Gasteiger partial charge in [-0.3, -0.25) is 9.88 Å². The largest absolute Gasteiger partial charge is 0.390 e. The summed E-state index contributed by atoms with van der Waals surface area (Å²) >= 11 is 0. The molecule has 0 bridgehead atoms. The molecule has 2 aliphatic heterocycles. The fourth-order valence-corrected chi connectivity index (χ4v) is 4.71. The molecule has 1 aromatic carbocycles. The number of benzene rings is 1. The zero-order valence-corrected chi connectivity index (χ0v) is 20.7. The molecule has 36 heavy (non-hydrogen) atoms. The molecule has 0 spiro atoms. The summed E-state index contributed by atoms with van der Waals surface area (Å²) in [4.78, 5) is 18.6. The Morgan fingerprint density at radius 1 is 1.11 bits per heavy atom. The SMILES string of the molecule is CC(C)(O)Cc1cc2nc(NC3CCOC3)c(N3CCN(Cc4cc(F)ccc4F)CC3)nc2cn1. The monoisotopic (exact) mass is 498 g/mol. The number of halogens is 2. The Bertz CT molecular complexity index is 1220. The van der Waals surface area contributed by atoms with E-state index in [1.54, 1.807) is 20.0 Å². The average Bonchev–Trinajstić information content (AvgIpc) is 3.34. The van der Waals surface area contributed by atoms with Crippen molar-refractivity contribution in [3.63, 3.8) is 0 Å². The minimum atomic E-state index is -0.871. The molecule has 4 heterocycles. The number of anilines is 2. The quantitative estimate of drug-likeness (QED) is 0.514. The average molecular weight is 499 g/mol. The van der Waals surface area contributed by atoms with Crippen LogP contribution in [0.5, 0.6) is 0 Å². The summed E-state index contributed by atoms with van der Waals surface area (Å²) in [5, 5.41) is 13.7. The Hall–Kier alpha value is -2.95. The molecule has 2 aliphatic rings. The van der Waals surface area contributed by atoms with Gasteiger partial charge in [-0.2, -0.15) is 0 Å². The lowest BCUT2D eigenvalue weighted by Gasteiger charge is -2.36. The van der Waals surface area contributed by atoms with Crippen LogP contribution in [-0.2, 0) is 17.7 Å². The van der Waals surface area contributed by atoms with Crippen molar-refractivity contribution in [3.05, 3.63) is 53.4 Å². The van der Waals surface area contributed by atoms with Crippen molar-refractivity contribution in [2.75, 3.05) is 49.6 Å². The number of pyridine rings is 1. The van der Waals surface area contributed by atoms with Crippen molar-refractivity contribution >= 4 is 22.7 Å². The third-order valence-corrected chi connectivity index (χ3v) is 6.55. The first-order valence-corrected chi connectivity index (χ1v) is 12.4. The lowest BCUT2D eigenvalue weighted by atomic mass is 10.0. The second-order valence-electron chi connectivity index (χ2n) is 10.3. The van der Waals surface area contributed by atoms with Gasteiger partial charge in [-0.1, -0.05) is 0 Å². The molecular weight excluding hydrogens is 466 g/mol. The predicted molar refractivity (Wildman–Crippen MR) is 134 cm³/mol.